The molecule has 1 saturated heterocycles. The van der Waals surface area contributed by atoms with Crippen molar-refractivity contribution in [3.8, 4) is 11.4 Å². The summed E-state index contributed by atoms with van der Waals surface area (Å²) in [5, 5.41) is 1.26. The first-order valence-corrected chi connectivity index (χ1v) is 10.1. The number of ether oxygens (including phenoxy) is 2. The molecule has 140 valence electrons. The number of rotatable bonds is 5. The van der Waals surface area contributed by atoms with Crippen LogP contribution in [0.1, 0.15) is 18.4 Å². The van der Waals surface area contributed by atoms with E-state index in [-0.39, 0.29) is 11.7 Å². The van der Waals surface area contributed by atoms with E-state index in [4.69, 9.17) is 14.5 Å². The third-order valence-corrected chi connectivity index (χ3v) is 5.81. The van der Waals surface area contributed by atoms with Crippen molar-refractivity contribution in [2.45, 2.75) is 31.0 Å². The number of fused-ring (bicyclic) bond motifs is 1. The molecule has 0 aliphatic carbocycles. The van der Waals surface area contributed by atoms with Crippen molar-refractivity contribution in [1.29, 1.82) is 0 Å². The van der Waals surface area contributed by atoms with Crippen LogP contribution in [-0.4, -0.2) is 35.1 Å². The Hall–Kier alpha value is -2.31. The van der Waals surface area contributed by atoms with E-state index in [1.54, 1.807) is 23.4 Å². The molecule has 1 fully saturated rings. The highest BCUT2D eigenvalue weighted by Crippen LogP contribution is 2.29. The van der Waals surface area contributed by atoms with E-state index in [0.29, 0.717) is 21.8 Å². The molecule has 0 unspecified atom stereocenters. The summed E-state index contributed by atoms with van der Waals surface area (Å²) in [6.07, 6.45) is 2.36. The lowest BCUT2D eigenvalue weighted by molar-refractivity contribution is 0.129. The van der Waals surface area contributed by atoms with Crippen LogP contribution in [0.25, 0.3) is 16.6 Å². The molecule has 0 saturated carbocycles. The number of hydrogen-bond donors (Lipinski definition) is 0. The maximum Gasteiger partial charge on any atom is 0.266 e. The molecule has 27 heavy (non-hydrogen) atoms. The maximum absolute atomic E-state index is 13.3. The Morgan fingerprint density at radius 2 is 2.15 bits per heavy atom. The van der Waals surface area contributed by atoms with E-state index in [1.165, 1.54) is 0 Å². The van der Waals surface area contributed by atoms with Gasteiger partial charge < -0.3 is 9.47 Å². The standard InChI is InChI=1S/C21H22N2O3S/c1-14-9-10-19(25-2)18(12-14)23-20(24)16-7-3-4-8-17(16)22-21(23)27-13-15-6-5-11-26-15/h3-4,7-10,12,15H,5-6,11,13H2,1-2H3/t15-/m0/s1. The smallest absolute Gasteiger partial charge is 0.266 e. The summed E-state index contributed by atoms with van der Waals surface area (Å²) in [6.45, 7) is 2.82. The molecule has 0 amide bonds. The number of aromatic nitrogens is 2. The van der Waals surface area contributed by atoms with Crippen molar-refractivity contribution in [2.24, 2.45) is 0 Å². The fraction of sp³-hybridized carbons (Fsp3) is 0.333. The van der Waals surface area contributed by atoms with E-state index >= 15 is 0 Å². The van der Waals surface area contributed by atoms with Gasteiger partial charge in [0.25, 0.3) is 5.56 Å². The molecule has 0 spiro atoms. The second-order valence-electron chi connectivity index (χ2n) is 6.67. The highest BCUT2D eigenvalue weighted by atomic mass is 32.2. The van der Waals surface area contributed by atoms with E-state index in [2.05, 4.69) is 0 Å². The van der Waals surface area contributed by atoms with Crippen LogP contribution in [0.15, 0.2) is 52.4 Å². The Kier molecular flexibility index (Phi) is 5.18. The van der Waals surface area contributed by atoms with Crippen LogP contribution in [0, 0.1) is 6.92 Å². The summed E-state index contributed by atoms with van der Waals surface area (Å²) in [5.74, 6) is 1.43. The molecule has 1 aliphatic heterocycles. The minimum absolute atomic E-state index is 0.0839. The Morgan fingerprint density at radius 3 is 2.93 bits per heavy atom. The highest BCUT2D eigenvalue weighted by molar-refractivity contribution is 7.99. The highest BCUT2D eigenvalue weighted by Gasteiger charge is 2.20. The van der Waals surface area contributed by atoms with Crippen LogP contribution < -0.4 is 10.3 Å². The van der Waals surface area contributed by atoms with Crippen molar-refractivity contribution in [2.75, 3.05) is 19.5 Å². The molecule has 1 aliphatic rings. The topological polar surface area (TPSA) is 53.4 Å². The number of para-hydroxylation sites is 1. The average molecular weight is 382 g/mol. The Bertz CT molecular complexity index is 1030. The summed E-state index contributed by atoms with van der Waals surface area (Å²) in [4.78, 5) is 18.1. The van der Waals surface area contributed by atoms with Crippen LogP contribution in [-0.2, 0) is 4.74 Å². The fourth-order valence-corrected chi connectivity index (χ4v) is 4.41. The van der Waals surface area contributed by atoms with Crippen molar-refractivity contribution in [3.63, 3.8) is 0 Å². The van der Waals surface area contributed by atoms with Crippen molar-refractivity contribution >= 4 is 22.7 Å². The van der Waals surface area contributed by atoms with Crippen molar-refractivity contribution in [3.05, 3.63) is 58.4 Å². The first kappa shape index (κ1) is 18.1. The van der Waals surface area contributed by atoms with Gasteiger partial charge in [0, 0.05) is 12.4 Å². The van der Waals surface area contributed by atoms with Crippen LogP contribution >= 0.6 is 11.8 Å². The lowest BCUT2D eigenvalue weighted by Crippen LogP contribution is -2.23. The van der Waals surface area contributed by atoms with Gasteiger partial charge in [-0.3, -0.25) is 9.36 Å². The van der Waals surface area contributed by atoms with Crippen LogP contribution in [0.4, 0.5) is 0 Å². The molecule has 2 heterocycles. The van der Waals surface area contributed by atoms with E-state index in [0.717, 1.165) is 36.5 Å². The number of hydrogen-bond acceptors (Lipinski definition) is 5. The molecule has 1 aromatic heterocycles. The van der Waals surface area contributed by atoms with Crippen LogP contribution in [0.5, 0.6) is 5.75 Å². The molecule has 0 N–H and O–H groups in total. The molecule has 1 atom stereocenters. The molecule has 3 aromatic rings. The van der Waals surface area contributed by atoms with Gasteiger partial charge in [-0.25, -0.2) is 4.98 Å². The number of benzene rings is 2. The SMILES string of the molecule is COc1ccc(C)cc1-n1c(SC[C@@H]2CCCO2)nc2ccccc2c1=O. The fourth-order valence-electron chi connectivity index (χ4n) is 3.34. The number of aryl methyl sites for hydroxylation is 1. The first-order chi connectivity index (χ1) is 13.2. The van der Waals surface area contributed by atoms with Gasteiger partial charge in [0.1, 0.15) is 5.75 Å². The summed E-state index contributed by atoms with van der Waals surface area (Å²) >= 11 is 1.56. The summed E-state index contributed by atoms with van der Waals surface area (Å²) in [6, 6.07) is 13.3. The predicted octanol–water partition coefficient (Wildman–Crippen LogP) is 3.97. The van der Waals surface area contributed by atoms with E-state index in [1.807, 2.05) is 49.4 Å². The van der Waals surface area contributed by atoms with Gasteiger partial charge in [-0.15, -0.1) is 0 Å². The lowest BCUT2D eigenvalue weighted by Gasteiger charge is -2.17. The zero-order valence-electron chi connectivity index (χ0n) is 15.5. The molecule has 5 nitrogen and oxygen atoms in total. The van der Waals surface area contributed by atoms with Gasteiger partial charge in [0.2, 0.25) is 0 Å². The van der Waals surface area contributed by atoms with Gasteiger partial charge in [0.15, 0.2) is 5.16 Å². The largest absolute Gasteiger partial charge is 0.495 e. The number of thioether (sulfide) groups is 1. The summed E-state index contributed by atoms with van der Waals surface area (Å²) in [5.41, 5.74) is 2.40. The molecule has 0 radical (unpaired) electrons. The minimum atomic E-state index is -0.0839. The average Bonchev–Trinajstić information content (AvgIpc) is 3.20. The third-order valence-electron chi connectivity index (χ3n) is 4.74. The quantitative estimate of drug-likeness (QED) is 0.494. The Morgan fingerprint density at radius 1 is 1.30 bits per heavy atom. The van der Waals surface area contributed by atoms with Crippen molar-refractivity contribution in [1.82, 2.24) is 9.55 Å². The van der Waals surface area contributed by atoms with Gasteiger partial charge >= 0.3 is 0 Å². The maximum atomic E-state index is 13.3. The molecule has 2 aromatic carbocycles. The summed E-state index contributed by atoms with van der Waals surface area (Å²) in [7, 11) is 1.62. The molecular weight excluding hydrogens is 360 g/mol. The first-order valence-electron chi connectivity index (χ1n) is 9.08. The number of nitrogens with zero attached hydrogens (tertiary/aromatic N) is 2. The Labute approximate surface area is 162 Å². The predicted molar refractivity (Wildman–Crippen MR) is 108 cm³/mol. The van der Waals surface area contributed by atoms with Crippen molar-refractivity contribution < 1.29 is 9.47 Å². The van der Waals surface area contributed by atoms with E-state index in [9.17, 15) is 4.79 Å². The van der Waals surface area contributed by atoms with E-state index < -0.39 is 0 Å². The normalized spacial score (nSPS) is 16.7. The van der Waals surface area contributed by atoms with Gasteiger partial charge in [0.05, 0.1) is 29.8 Å². The zero-order chi connectivity index (χ0) is 18.8. The molecule has 6 heteroatoms. The Balaban J connectivity index is 1.88. The summed E-state index contributed by atoms with van der Waals surface area (Å²) < 4.78 is 12.9. The molecule has 4 rings (SSSR count). The third kappa shape index (κ3) is 3.59. The number of methoxy groups -OCH3 is 1. The van der Waals surface area contributed by atoms with Gasteiger partial charge in [-0.2, -0.15) is 0 Å². The molecule has 0 bridgehead atoms. The van der Waals surface area contributed by atoms with Crippen LogP contribution in [0.3, 0.4) is 0 Å². The minimum Gasteiger partial charge on any atom is -0.495 e. The second kappa shape index (κ2) is 7.74. The van der Waals surface area contributed by atoms with Crippen LogP contribution in [0.2, 0.25) is 0 Å². The van der Waals surface area contributed by atoms with Gasteiger partial charge in [-0.05, 0) is 49.6 Å². The monoisotopic (exact) mass is 382 g/mol. The second-order valence-corrected chi connectivity index (χ2v) is 7.66. The zero-order valence-corrected chi connectivity index (χ0v) is 16.3. The lowest BCUT2D eigenvalue weighted by atomic mass is 10.2. The molecular formula is C21H22N2O3S. The van der Waals surface area contributed by atoms with Gasteiger partial charge in [-0.1, -0.05) is 30.0 Å².